The number of aryl methyl sites for hydroxylation is 1. The van der Waals surface area contributed by atoms with Crippen LogP contribution in [0.1, 0.15) is 27.0 Å². The number of carboxylic acid groups (broad SMARTS) is 1. The van der Waals surface area contributed by atoms with E-state index in [1.54, 1.807) is 18.2 Å². The number of ether oxygens (including phenoxy) is 1. The number of carbonyl (C=O) groups is 1. The molecule has 0 radical (unpaired) electrons. The third kappa shape index (κ3) is 1.91. The molecule has 0 atom stereocenters. The van der Waals surface area contributed by atoms with Crippen LogP contribution in [0.4, 0.5) is 0 Å². The van der Waals surface area contributed by atoms with Gasteiger partial charge in [0.15, 0.2) is 0 Å². The molecule has 0 spiro atoms. The molecule has 1 heterocycles. The average Bonchev–Trinajstić information content (AvgIpc) is 2.40. The molecule has 3 nitrogen and oxygen atoms in total. The van der Waals surface area contributed by atoms with Gasteiger partial charge in [0, 0.05) is 0 Å². The van der Waals surface area contributed by atoms with Crippen LogP contribution in [0.5, 0.6) is 0 Å². The van der Waals surface area contributed by atoms with E-state index in [-0.39, 0.29) is 5.41 Å². The number of hydrogen-bond donors (Lipinski definition) is 1. The van der Waals surface area contributed by atoms with Gasteiger partial charge in [-0.05, 0) is 35.7 Å². The maximum absolute atomic E-state index is 11.2. The third-order valence-corrected chi connectivity index (χ3v) is 4.02. The van der Waals surface area contributed by atoms with E-state index in [4.69, 9.17) is 9.84 Å². The van der Waals surface area contributed by atoms with Crippen molar-refractivity contribution in [3.8, 4) is 0 Å². The molecular weight excluding hydrogens is 252 g/mol. The lowest BCUT2D eigenvalue weighted by Crippen LogP contribution is -2.48. The first-order chi connectivity index (χ1) is 9.63. The molecule has 0 saturated carbocycles. The summed E-state index contributed by atoms with van der Waals surface area (Å²) in [6.45, 7) is 3.28. The highest BCUT2D eigenvalue weighted by molar-refractivity contribution is 5.87. The van der Waals surface area contributed by atoms with Gasteiger partial charge in [-0.25, -0.2) is 4.79 Å². The van der Waals surface area contributed by atoms with Gasteiger partial charge in [0.25, 0.3) is 0 Å². The van der Waals surface area contributed by atoms with Crippen molar-refractivity contribution in [3.63, 3.8) is 0 Å². The fraction of sp³-hybridized carbons (Fsp3) is 0.235. The second kappa shape index (κ2) is 4.76. The summed E-state index contributed by atoms with van der Waals surface area (Å²) in [7, 11) is 0. The van der Waals surface area contributed by atoms with Crippen molar-refractivity contribution in [2.24, 2.45) is 0 Å². The molecule has 1 aliphatic rings. The lowest BCUT2D eigenvalue weighted by atomic mass is 9.71. The van der Waals surface area contributed by atoms with E-state index < -0.39 is 5.97 Å². The van der Waals surface area contributed by atoms with Crippen molar-refractivity contribution in [2.75, 3.05) is 13.2 Å². The summed E-state index contributed by atoms with van der Waals surface area (Å²) in [6.07, 6.45) is 0. The molecule has 102 valence electrons. The molecule has 2 aromatic carbocycles. The van der Waals surface area contributed by atoms with Crippen LogP contribution >= 0.6 is 0 Å². The van der Waals surface area contributed by atoms with Crippen molar-refractivity contribution < 1.29 is 14.6 Å². The molecule has 1 saturated heterocycles. The Labute approximate surface area is 117 Å². The minimum absolute atomic E-state index is 0.212. The lowest BCUT2D eigenvalue weighted by molar-refractivity contribution is -0.0383. The van der Waals surface area contributed by atoms with Crippen molar-refractivity contribution >= 4 is 5.97 Å². The molecule has 0 bridgehead atoms. The highest BCUT2D eigenvalue weighted by atomic mass is 16.5. The molecule has 1 fully saturated rings. The Balaban J connectivity index is 2.12. The monoisotopic (exact) mass is 268 g/mol. The number of hydrogen-bond acceptors (Lipinski definition) is 2. The van der Waals surface area contributed by atoms with E-state index in [1.807, 2.05) is 18.2 Å². The normalized spacial score (nSPS) is 16.4. The third-order valence-electron chi connectivity index (χ3n) is 4.02. The Bertz CT molecular complexity index is 657. The first-order valence-electron chi connectivity index (χ1n) is 6.61. The van der Waals surface area contributed by atoms with Crippen molar-refractivity contribution in [1.82, 2.24) is 0 Å². The Morgan fingerprint density at radius 3 is 2.50 bits per heavy atom. The van der Waals surface area contributed by atoms with E-state index in [9.17, 15) is 4.79 Å². The Hall–Kier alpha value is -2.13. The van der Waals surface area contributed by atoms with Crippen LogP contribution in [-0.2, 0) is 10.2 Å². The summed E-state index contributed by atoms with van der Waals surface area (Å²) in [5, 5.41) is 9.16. The van der Waals surface area contributed by atoms with Crippen molar-refractivity contribution in [1.29, 1.82) is 0 Å². The van der Waals surface area contributed by atoms with Crippen molar-refractivity contribution in [3.05, 3.63) is 70.8 Å². The number of rotatable bonds is 3. The van der Waals surface area contributed by atoms with Gasteiger partial charge in [-0.3, -0.25) is 0 Å². The molecule has 0 unspecified atom stereocenters. The highest BCUT2D eigenvalue weighted by Gasteiger charge is 2.43. The predicted molar refractivity (Wildman–Crippen MR) is 76.2 cm³/mol. The predicted octanol–water partition coefficient (Wildman–Crippen LogP) is 3.01. The molecule has 0 amide bonds. The zero-order valence-electron chi connectivity index (χ0n) is 11.3. The van der Waals surface area contributed by atoms with Crippen LogP contribution in [0.15, 0.2) is 48.5 Å². The minimum atomic E-state index is -0.896. The van der Waals surface area contributed by atoms with E-state index in [1.165, 1.54) is 11.1 Å². The molecule has 1 aliphatic heterocycles. The molecule has 20 heavy (non-hydrogen) atoms. The Morgan fingerprint density at radius 1 is 1.15 bits per heavy atom. The fourth-order valence-corrected chi connectivity index (χ4v) is 2.84. The van der Waals surface area contributed by atoms with Crippen molar-refractivity contribution in [2.45, 2.75) is 12.3 Å². The van der Waals surface area contributed by atoms with Crippen LogP contribution < -0.4 is 0 Å². The van der Waals surface area contributed by atoms with E-state index in [0.29, 0.717) is 18.8 Å². The SMILES string of the molecule is Cc1ccccc1C1(c2cccc(C(=O)O)c2)COC1. The summed E-state index contributed by atoms with van der Waals surface area (Å²) < 4.78 is 5.45. The molecule has 3 heteroatoms. The summed E-state index contributed by atoms with van der Waals surface area (Å²) in [6, 6.07) is 15.4. The fourth-order valence-electron chi connectivity index (χ4n) is 2.84. The topological polar surface area (TPSA) is 46.5 Å². The summed E-state index contributed by atoms with van der Waals surface area (Å²) in [5.74, 6) is -0.896. The van der Waals surface area contributed by atoms with Gasteiger partial charge in [-0.15, -0.1) is 0 Å². The van der Waals surface area contributed by atoms with Gasteiger partial charge in [0.2, 0.25) is 0 Å². The largest absolute Gasteiger partial charge is 0.478 e. The van der Waals surface area contributed by atoms with Crippen LogP contribution in [0.3, 0.4) is 0 Å². The van der Waals surface area contributed by atoms with E-state index in [0.717, 1.165) is 5.56 Å². The van der Waals surface area contributed by atoms with Gasteiger partial charge >= 0.3 is 5.97 Å². The first-order valence-corrected chi connectivity index (χ1v) is 6.61. The second-order valence-corrected chi connectivity index (χ2v) is 5.28. The lowest BCUT2D eigenvalue weighted by Gasteiger charge is -2.43. The number of carboxylic acids is 1. The van der Waals surface area contributed by atoms with Crippen LogP contribution in [-0.4, -0.2) is 24.3 Å². The summed E-state index contributed by atoms with van der Waals surface area (Å²) >= 11 is 0. The molecule has 0 aromatic heterocycles. The van der Waals surface area contributed by atoms with E-state index >= 15 is 0 Å². The molecular formula is C17H16O3. The highest BCUT2D eigenvalue weighted by Crippen LogP contribution is 2.40. The Morgan fingerprint density at radius 2 is 1.90 bits per heavy atom. The van der Waals surface area contributed by atoms with Gasteiger partial charge in [0.1, 0.15) is 0 Å². The maximum Gasteiger partial charge on any atom is 0.335 e. The summed E-state index contributed by atoms with van der Waals surface area (Å²) in [5.41, 5.74) is 3.54. The summed E-state index contributed by atoms with van der Waals surface area (Å²) in [4.78, 5) is 11.2. The second-order valence-electron chi connectivity index (χ2n) is 5.28. The average molecular weight is 268 g/mol. The smallest absolute Gasteiger partial charge is 0.335 e. The molecule has 3 rings (SSSR count). The van der Waals surface area contributed by atoms with Crippen LogP contribution in [0, 0.1) is 6.92 Å². The van der Waals surface area contributed by atoms with Gasteiger partial charge in [-0.1, -0.05) is 36.4 Å². The van der Waals surface area contributed by atoms with E-state index in [2.05, 4.69) is 19.1 Å². The first kappa shape index (κ1) is 12.9. The van der Waals surface area contributed by atoms with Gasteiger partial charge in [-0.2, -0.15) is 0 Å². The number of benzene rings is 2. The molecule has 0 aliphatic carbocycles. The van der Waals surface area contributed by atoms with Crippen LogP contribution in [0.25, 0.3) is 0 Å². The quantitative estimate of drug-likeness (QED) is 0.930. The zero-order valence-corrected chi connectivity index (χ0v) is 11.3. The number of aromatic carboxylic acids is 1. The van der Waals surface area contributed by atoms with Crippen LogP contribution in [0.2, 0.25) is 0 Å². The van der Waals surface area contributed by atoms with Gasteiger partial charge in [0.05, 0.1) is 24.2 Å². The van der Waals surface area contributed by atoms with Gasteiger partial charge < -0.3 is 9.84 Å². The molecule has 2 aromatic rings. The minimum Gasteiger partial charge on any atom is -0.478 e. The molecule has 1 N–H and O–H groups in total. The Kier molecular flexibility index (Phi) is 3.07. The standard InChI is InChI=1S/C17H16O3/c1-12-5-2-3-8-15(12)17(10-20-11-17)14-7-4-6-13(9-14)16(18)19/h2-9H,10-11H2,1H3,(H,18,19). The zero-order chi connectivity index (χ0) is 14.2. The maximum atomic E-state index is 11.2.